The highest BCUT2D eigenvalue weighted by Crippen LogP contribution is 2.56. The number of nitrogens with one attached hydrogen (secondary N) is 1. The second kappa shape index (κ2) is 8.51. The molecule has 0 aromatic heterocycles. The zero-order valence-corrected chi connectivity index (χ0v) is 19.4. The molecule has 3 aliphatic rings. The Morgan fingerprint density at radius 1 is 1.03 bits per heavy atom. The average molecular weight is 512 g/mol. The van der Waals surface area contributed by atoms with Gasteiger partial charge in [-0.1, -0.05) is 11.6 Å². The van der Waals surface area contributed by atoms with Crippen LogP contribution in [0.5, 0.6) is 0 Å². The van der Waals surface area contributed by atoms with E-state index >= 15 is 0 Å². The molecular formula is C23H20ClF2NO6S. The molecule has 2 atom stereocenters. The lowest BCUT2D eigenvalue weighted by Gasteiger charge is -2.56. The molecule has 2 N–H and O–H groups in total. The number of benzene rings is 2. The molecule has 1 amide bonds. The third-order valence-electron chi connectivity index (χ3n) is 6.71. The number of Topliss-reactive ketones (excluding diaryl/α,β-unsaturated/α-hetero) is 2. The van der Waals surface area contributed by atoms with Gasteiger partial charge >= 0.3 is 0 Å². The molecule has 0 spiro atoms. The van der Waals surface area contributed by atoms with Crippen LogP contribution in [0.25, 0.3) is 0 Å². The van der Waals surface area contributed by atoms with Gasteiger partial charge in [0.25, 0.3) is 5.91 Å². The van der Waals surface area contributed by atoms with E-state index in [0.717, 1.165) is 31.2 Å². The average Bonchev–Trinajstić information content (AvgIpc) is 2.80. The Morgan fingerprint density at radius 2 is 1.68 bits per heavy atom. The number of rotatable bonds is 6. The zero-order valence-electron chi connectivity index (χ0n) is 17.8. The lowest BCUT2D eigenvalue weighted by atomic mass is 9.52. The van der Waals surface area contributed by atoms with E-state index in [1.807, 2.05) is 0 Å². The summed E-state index contributed by atoms with van der Waals surface area (Å²) in [5, 5.41) is 12.0. The fourth-order valence-electron chi connectivity index (χ4n) is 4.88. The maximum Gasteiger partial charge on any atom is 0.255 e. The minimum absolute atomic E-state index is 0.0231. The van der Waals surface area contributed by atoms with E-state index in [1.165, 1.54) is 12.1 Å². The molecule has 11 heteroatoms. The molecule has 0 heterocycles. The van der Waals surface area contributed by atoms with Gasteiger partial charge in [-0.15, -0.1) is 0 Å². The highest BCUT2D eigenvalue weighted by molar-refractivity contribution is 7.92. The van der Waals surface area contributed by atoms with Crippen LogP contribution in [0.3, 0.4) is 0 Å². The fourth-order valence-corrected chi connectivity index (χ4v) is 7.29. The highest BCUT2D eigenvalue weighted by Gasteiger charge is 2.64. The number of sulfone groups is 1. The van der Waals surface area contributed by atoms with Crippen LogP contribution < -0.4 is 5.32 Å². The van der Waals surface area contributed by atoms with E-state index in [0.29, 0.717) is 6.42 Å². The van der Waals surface area contributed by atoms with Crippen molar-refractivity contribution in [2.45, 2.75) is 41.9 Å². The van der Waals surface area contributed by atoms with Gasteiger partial charge in [-0.05, 0) is 61.4 Å². The van der Waals surface area contributed by atoms with Crippen molar-refractivity contribution in [3.05, 3.63) is 58.6 Å². The van der Waals surface area contributed by atoms with E-state index < -0.39 is 61.6 Å². The molecule has 0 radical (unpaired) electrons. The predicted octanol–water partition coefficient (Wildman–Crippen LogP) is 3.33. The Bertz CT molecular complexity index is 1320. The van der Waals surface area contributed by atoms with Gasteiger partial charge in [0, 0.05) is 24.2 Å². The third kappa shape index (κ3) is 3.93. The molecule has 2 bridgehead atoms. The van der Waals surface area contributed by atoms with Crippen molar-refractivity contribution in [1.82, 2.24) is 0 Å². The molecule has 2 unspecified atom stereocenters. The van der Waals surface area contributed by atoms with Gasteiger partial charge in [0.2, 0.25) is 5.78 Å². The number of fused-ring (bicyclic) bond motifs is 2. The number of hydrogen-bond donors (Lipinski definition) is 2. The van der Waals surface area contributed by atoms with Crippen LogP contribution in [0.1, 0.15) is 36.5 Å². The van der Waals surface area contributed by atoms with Gasteiger partial charge in [0.15, 0.2) is 27.3 Å². The largest absolute Gasteiger partial charge is 0.381 e. The van der Waals surface area contributed by atoms with Crippen molar-refractivity contribution in [3.8, 4) is 0 Å². The monoisotopic (exact) mass is 511 g/mol. The van der Waals surface area contributed by atoms with Gasteiger partial charge in [-0.3, -0.25) is 14.4 Å². The zero-order chi connectivity index (χ0) is 25.0. The Balaban J connectivity index is 1.57. The number of ketones is 2. The summed E-state index contributed by atoms with van der Waals surface area (Å²) in [6, 6.07) is 6.42. The van der Waals surface area contributed by atoms with Crippen LogP contribution in [0.15, 0.2) is 41.3 Å². The number of carbonyl (C=O) groups excluding carboxylic acids is 3. The highest BCUT2D eigenvalue weighted by atomic mass is 35.5. The van der Waals surface area contributed by atoms with Gasteiger partial charge < -0.3 is 10.4 Å². The van der Waals surface area contributed by atoms with Crippen molar-refractivity contribution >= 4 is 44.6 Å². The first kappa shape index (κ1) is 24.4. The van der Waals surface area contributed by atoms with Gasteiger partial charge in [-0.2, -0.15) is 0 Å². The van der Waals surface area contributed by atoms with Crippen LogP contribution in [-0.2, 0) is 19.4 Å². The summed E-state index contributed by atoms with van der Waals surface area (Å²) < 4.78 is 53.2. The summed E-state index contributed by atoms with van der Waals surface area (Å²) in [4.78, 5) is 36.0. The molecule has 0 saturated heterocycles. The van der Waals surface area contributed by atoms with E-state index in [-0.39, 0.29) is 34.0 Å². The predicted molar refractivity (Wildman–Crippen MR) is 118 cm³/mol. The first-order chi connectivity index (χ1) is 15.9. The van der Waals surface area contributed by atoms with Crippen molar-refractivity contribution in [2.24, 2.45) is 11.8 Å². The van der Waals surface area contributed by atoms with Crippen LogP contribution in [0, 0.1) is 23.5 Å². The fraction of sp³-hybridized carbons (Fsp3) is 0.348. The molecule has 2 aromatic rings. The smallest absolute Gasteiger partial charge is 0.255 e. The van der Waals surface area contributed by atoms with Gasteiger partial charge in [0.1, 0.15) is 5.60 Å². The molecule has 0 aliphatic heterocycles. The van der Waals surface area contributed by atoms with Crippen molar-refractivity contribution in [3.63, 3.8) is 0 Å². The van der Waals surface area contributed by atoms with E-state index in [1.54, 1.807) is 0 Å². The number of hydrogen-bond acceptors (Lipinski definition) is 6. The van der Waals surface area contributed by atoms with E-state index in [2.05, 4.69) is 5.32 Å². The van der Waals surface area contributed by atoms with E-state index in [4.69, 9.17) is 11.6 Å². The first-order valence-corrected chi connectivity index (χ1v) is 12.4. The molecule has 3 aliphatic carbocycles. The Kier molecular flexibility index (Phi) is 6.12. The summed E-state index contributed by atoms with van der Waals surface area (Å²) in [5.41, 5.74) is -1.93. The molecule has 3 saturated carbocycles. The summed E-state index contributed by atoms with van der Waals surface area (Å²) in [7, 11) is -4.06. The molecule has 3 fully saturated rings. The maximum atomic E-state index is 13.4. The third-order valence-corrected chi connectivity index (χ3v) is 9.36. The molecule has 5 rings (SSSR count). The van der Waals surface area contributed by atoms with E-state index in [9.17, 15) is 36.7 Å². The number of carbonyl (C=O) groups is 3. The number of anilines is 1. The number of aliphatic hydroxyl groups is 1. The lowest BCUT2D eigenvalue weighted by Crippen LogP contribution is -2.67. The van der Waals surface area contributed by atoms with Gasteiger partial charge in [0.05, 0.1) is 15.2 Å². The lowest BCUT2D eigenvalue weighted by molar-refractivity contribution is -0.189. The minimum atomic E-state index is -4.06. The second-order valence-electron chi connectivity index (χ2n) is 8.71. The quantitative estimate of drug-likeness (QED) is 0.574. The van der Waals surface area contributed by atoms with Crippen molar-refractivity contribution < 1.29 is 36.7 Å². The standard InChI is InChI=1S/C23H20ClF2NO6S/c1-11(28)21(29)23(31)13-7-14(23)9-16(8-13)34(32,33)20-6-12(2-4-17(20)24)22(30)27-15-3-5-18(25)19(26)10-15/h2-6,10,13-14,16,31H,7-9H2,1H3,(H,27,30). The van der Waals surface area contributed by atoms with Crippen LogP contribution in [-0.4, -0.2) is 41.8 Å². The maximum absolute atomic E-state index is 13.4. The number of halogens is 3. The summed E-state index contributed by atoms with van der Waals surface area (Å²) in [6.45, 7) is 1.07. The summed E-state index contributed by atoms with van der Waals surface area (Å²) in [5.74, 6) is -6.01. The van der Waals surface area contributed by atoms with Gasteiger partial charge in [-0.25, -0.2) is 17.2 Å². The molecular weight excluding hydrogens is 492 g/mol. The van der Waals surface area contributed by atoms with Crippen molar-refractivity contribution in [1.29, 1.82) is 0 Å². The minimum Gasteiger partial charge on any atom is -0.381 e. The van der Waals surface area contributed by atoms with Crippen LogP contribution >= 0.6 is 11.6 Å². The molecule has 34 heavy (non-hydrogen) atoms. The molecule has 2 aromatic carbocycles. The Labute approximate surface area is 199 Å². The summed E-state index contributed by atoms with van der Waals surface area (Å²) in [6.07, 6.45) is 0.373. The first-order valence-electron chi connectivity index (χ1n) is 10.4. The SMILES string of the molecule is CC(=O)C(=O)C1(O)C2CC1CC(S(=O)(=O)c1cc(C(=O)Nc3ccc(F)c(F)c3)ccc1Cl)C2. The normalized spacial score (nSPS) is 25.9. The number of amides is 1. The molecule has 7 nitrogen and oxygen atoms in total. The topological polar surface area (TPSA) is 118 Å². The Hall–Kier alpha value is -2.69. The molecule has 180 valence electrons. The summed E-state index contributed by atoms with van der Waals surface area (Å²) >= 11 is 6.15. The second-order valence-corrected chi connectivity index (χ2v) is 11.3. The van der Waals surface area contributed by atoms with Crippen LogP contribution in [0.2, 0.25) is 5.02 Å². The van der Waals surface area contributed by atoms with Crippen molar-refractivity contribution in [2.75, 3.05) is 5.32 Å². The Morgan fingerprint density at radius 3 is 2.26 bits per heavy atom. The van der Waals surface area contributed by atoms with Crippen LogP contribution in [0.4, 0.5) is 14.5 Å².